The topological polar surface area (TPSA) is 85.8 Å². The zero-order valence-electron chi connectivity index (χ0n) is 10.3. The van der Waals surface area contributed by atoms with Crippen molar-refractivity contribution < 1.29 is 4.79 Å². The molecule has 2 aromatic rings. The van der Waals surface area contributed by atoms with Crippen molar-refractivity contribution in [3.05, 3.63) is 30.6 Å². The van der Waals surface area contributed by atoms with Crippen LogP contribution in [-0.2, 0) is 11.8 Å². The van der Waals surface area contributed by atoms with Gasteiger partial charge in [0.1, 0.15) is 6.33 Å². The summed E-state index contributed by atoms with van der Waals surface area (Å²) in [5, 5.41) is 10.6. The Labute approximate surface area is 105 Å². The van der Waals surface area contributed by atoms with Crippen LogP contribution in [0.5, 0.6) is 0 Å². The van der Waals surface area contributed by atoms with Crippen molar-refractivity contribution in [2.75, 3.05) is 5.32 Å². The van der Waals surface area contributed by atoms with E-state index in [0.29, 0.717) is 5.69 Å². The molecule has 0 aliphatic heterocycles. The average Bonchev–Trinajstić information content (AvgIpc) is 2.75. The quantitative estimate of drug-likeness (QED) is 0.836. The second-order valence-corrected chi connectivity index (χ2v) is 4.12. The van der Waals surface area contributed by atoms with Gasteiger partial charge in [0.05, 0.1) is 6.04 Å². The molecule has 0 unspecified atom stereocenters. The zero-order chi connectivity index (χ0) is 13.1. The summed E-state index contributed by atoms with van der Waals surface area (Å²) in [5.74, 6) is 0.525. The zero-order valence-corrected chi connectivity index (χ0v) is 10.3. The number of carbonyl (C=O) groups excluding carboxylic acids is 1. The number of aromatic nitrogens is 3. The molecule has 0 fully saturated rings. The standard InChI is InChI=1S/C12H15N5O/c1-8(13)12(18)15-10-5-3-4-9(6-10)11-16-14-7-17(11)2/h3-8H,13H2,1-2H3,(H,15,18)/t8-/m0/s1. The van der Waals surface area contributed by atoms with Crippen LogP contribution >= 0.6 is 0 Å². The molecule has 0 saturated carbocycles. The van der Waals surface area contributed by atoms with Gasteiger partial charge in [-0.1, -0.05) is 12.1 Å². The highest BCUT2D eigenvalue weighted by atomic mass is 16.2. The number of amides is 1. The molecule has 0 aliphatic rings. The first-order valence-corrected chi connectivity index (χ1v) is 5.59. The maximum Gasteiger partial charge on any atom is 0.240 e. The molecule has 1 aromatic heterocycles. The van der Waals surface area contributed by atoms with Crippen LogP contribution in [-0.4, -0.2) is 26.7 Å². The Morgan fingerprint density at radius 3 is 2.89 bits per heavy atom. The highest BCUT2D eigenvalue weighted by Gasteiger charge is 2.09. The van der Waals surface area contributed by atoms with Crippen molar-refractivity contribution in [2.45, 2.75) is 13.0 Å². The number of carbonyl (C=O) groups is 1. The lowest BCUT2D eigenvalue weighted by Crippen LogP contribution is -2.32. The van der Waals surface area contributed by atoms with Crippen LogP contribution in [0.3, 0.4) is 0 Å². The van der Waals surface area contributed by atoms with Gasteiger partial charge in [-0.2, -0.15) is 0 Å². The third-order valence-corrected chi connectivity index (χ3v) is 2.51. The Morgan fingerprint density at radius 1 is 1.50 bits per heavy atom. The monoisotopic (exact) mass is 245 g/mol. The van der Waals surface area contributed by atoms with Gasteiger partial charge in [-0.3, -0.25) is 4.79 Å². The number of nitrogens with two attached hydrogens (primary N) is 1. The third kappa shape index (κ3) is 2.54. The average molecular weight is 245 g/mol. The number of anilines is 1. The van der Waals surface area contributed by atoms with Crippen LogP contribution < -0.4 is 11.1 Å². The van der Waals surface area contributed by atoms with E-state index in [1.54, 1.807) is 19.3 Å². The van der Waals surface area contributed by atoms with Crippen LogP contribution in [0, 0.1) is 0 Å². The third-order valence-electron chi connectivity index (χ3n) is 2.51. The smallest absolute Gasteiger partial charge is 0.240 e. The van der Waals surface area contributed by atoms with Gasteiger partial charge in [-0.15, -0.1) is 10.2 Å². The van der Waals surface area contributed by atoms with E-state index >= 15 is 0 Å². The molecule has 0 spiro atoms. The Hall–Kier alpha value is -2.21. The van der Waals surface area contributed by atoms with Crippen molar-refractivity contribution >= 4 is 11.6 Å². The van der Waals surface area contributed by atoms with Gasteiger partial charge in [0.25, 0.3) is 0 Å². The molecule has 18 heavy (non-hydrogen) atoms. The predicted molar refractivity (Wildman–Crippen MR) is 68.7 cm³/mol. The molecule has 0 saturated heterocycles. The highest BCUT2D eigenvalue weighted by molar-refractivity contribution is 5.94. The maximum absolute atomic E-state index is 11.5. The van der Waals surface area contributed by atoms with E-state index in [0.717, 1.165) is 11.4 Å². The fourth-order valence-corrected chi connectivity index (χ4v) is 1.54. The van der Waals surface area contributed by atoms with Crippen LogP contribution in [0.2, 0.25) is 0 Å². The molecule has 0 bridgehead atoms. The Balaban J connectivity index is 2.26. The Kier molecular flexibility index (Phi) is 3.38. The SMILES string of the molecule is C[C@H](N)C(=O)Nc1cccc(-c2nncn2C)c1. The van der Waals surface area contributed by atoms with E-state index in [4.69, 9.17) is 5.73 Å². The second-order valence-electron chi connectivity index (χ2n) is 4.12. The fourth-order valence-electron chi connectivity index (χ4n) is 1.54. The molecule has 1 aromatic carbocycles. The summed E-state index contributed by atoms with van der Waals surface area (Å²) in [6.45, 7) is 1.64. The first-order chi connectivity index (χ1) is 8.58. The molecule has 6 heteroatoms. The van der Waals surface area contributed by atoms with Crippen LogP contribution in [0.15, 0.2) is 30.6 Å². The molecule has 1 amide bonds. The molecule has 2 rings (SSSR count). The lowest BCUT2D eigenvalue weighted by atomic mass is 10.2. The van der Waals surface area contributed by atoms with Crippen LogP contribution in [0.4, 0.5) is 5.69 Å². The summed E-state index contributed by atoms with van der Waals surface area (Å²) >= 11 is 0. The van der Waals surface area contributed by atoms with Crippen molar-refractivity contribution in [3.63, 3.8) is 0 Å². The summed E-state index contributed by atoms with van der Waals surface area (Å²) in [5.41, 5.74) is 7.08. The van der Waals surface area contributed by atoms with Gasteiger partial charge in [-0.25, -0.2) is 0 Å². The van der Waals surface area contributed by atoms with E-state index in [9.17, 15) is 4.79 Å². The van der Waals surface area contributed by atoms with E-state index < -0.39 is 6.04 Å². The van der Waals surface area contributed by atoms with E-state index in [2.05, 4.69) is 15.5 Å². The van der Waals surface area contributed by atoms with Crippen molar-refractivity contribution in [1.82, 2.24) is 14.8 Å². The molecule has 3 N–H and O–H groups in total. The van der Waals surface area contributed by atoms with Gasteiger partial charge in [-0.05, 0) is 19.1 Å². The summed E-state index contributed by atoms with van der Waals surface area (Å²) in [7, 11) is 1.86. The normalized spacial score (nSPS) is 12.2. The van der Waals surface area contributed by atoms with Gasteiger partial charge < -0.3 is 15.6 Å². The maximum atomic E-state index is 11.5. The molecule has 94 valence electrons. The molecule has 1 heterocycles. The van der Waals surface area contributed by atoms with Gasteiger partial charge in [0.2, 0.25) is 5.91 Å². The summed E-state index contributed by atoms with van der Waals surface area (Å²) in [6, 6.07) is 6.86. The van der Waals surface area contributed by atoms with Crippen molar-refractivity contribution in [1.29, 1.82) is 0 Å². The van der Waals surface area contributed by atoms with Gasteiger partial charge in [0, 0.05) is 18.3 Å². The molecular formula is C12H15N5O. The second kappa shape index (κ2) is 4.97. The molecular weight excluding hydrogens is 230 g/mol. The molecule has 6 nitrogen and oxygen atoms in total. The summed E-state index contributed by atoms with van der Waals surface area (Å²) in [6.07, 6.45) is 1.63. The Bertz CT molecular complexity index is 561. The number of nitrogens with one attached hydrogen (secondary N) is 1. The first-order valence-electron chi connectivity index (χ1n) is 5.59. The molecule has 0 radical (unpaired) electrons. The summed E-state index contributed by atoms with van der Waals surface area (Å²) < 4.78 is 1.81. The minimum Gasteiger partial charge on any atom is -0.325 e. The lowest BCUT2D eigenvalue weighted by Gasteiger charge is -2.09. The first kappa shape index (κ1) is 12.3. The Morgan fingerprint density at radius 2 is 2.28 bits per heavy atom. The predicted octanol–water partition coefficient (Wildman–Crippen LogP) is 0.768. The van der Waals surface area contributed by atoms with Crippen LogP contribution in [0.25, 0.3) is 11.4 Å². The number of rotatable bonds is 3. The molecule has 1 atom stereocenters. The number of benzene rings is 1. The minimum absolute atomic E-state index is 0.217. The molecule has 0 aliphatic carbocycles. The number of hydrogen-bond acceptors (Lipinski definition) is 4. The largest absolute Gasteiger partial charge is 0.325 e. The van der Waals surface area contributed by atoms with Gasteiger partial charge >= 0.3 is 0 Å². The highest BCUT2D eigenvalue weighted by Crippen LogP contribution is 2.19. The van der Waals surface area contributed by atoms with Gasteiger partial charge in [0.15, 0.2) is 5.82 Å². The number of hydrogen-bond donors (Lipinski definition) is 2. The number of aryl methyl sites for hydroxylation is 1. The fraction of sp³-hybridized carbons (Fsp3) is 0.250. The summed E-state index contributed by atoms with van der Waals surface area (Å²) in [4.78, 5) is 11.5. The van der Waals surface area contributed by atoms with Crippen molar-refractivity contribution in [2.24, 2.45) is 12.8 Å². The van der Waals surface area contributed by atoms with E-state index in [1.807, 2.05) is 29.8 Å². The van der Waals surface area contributed by atoms with Crippen LogP contribution in [0.1, 0.15) is 6.92 Å². The van der Waals surface area contributed by atoms with E-state index in [-0.39, 0.29) is 5.91 Å². The number of nitrogens with zero attached hydrogens (tertiary/aromatic N) is 3. The van der Waals surface area contributed by atoms with Crippen molar-refractivity contribution in [3.8, 4) is 11.4 Å². The minimum atomic E-state index is -0.538. The van der Waals surface area contributed by atoms with E-state index in [1.165, 1.54) is 0 Å². The lowest BCUT2D eigenvalue weighted by molar-refractivity contribution is -0.117.